The second-order valence-corrected chi connectivity index (χ2v) is 11.6. The van der Waals surface area contributed by atoms with E-state index in [1.165, 1.54) is 49.9 Å². The molecule has 0 aliphatic carbocycles. The molecule has 3 rings (SSSR count). The lowest BCUT2D eigenvalue weighted by molar-refractivity contribution is -0.274. The molecule has 0 saturated carbocycles. The lowest BCUT2D eigenvalue weighted by atomic mass is 10.0. The van der Waals surface area contributed by atoms with Crippen molar-refractivity contribution in [3.8, 4) is 22.6 Å². The first-order valence-electron chi connectivity index (χ1n) is 9.99. The molecule has 34 heavy (non-hydrogen) atoms. The number of anilines is 1. The average Bonchev–Trinajstić information content (AvgIpc) is 2.71. The van der Waals surface area contributed by atoms with Crippen LogP contribution in [0.3, 0.4) is 0 Å². The molecular formula is C23H22ClF4N2O3P. The first-order chi connectivity index (χ1) is 15.7. The Morgan fingerprint density at radius 1 is 1.12 bits per heavy atom. The molecule has 1 atom stereocenters. The van der Waals surface area contributed by atoms with Gasteiger partial charge in [-0.1, -0.05) is 17.7 Å². The maximum Gasteiger partial charge on any atom is 0.573 e. The van der Waals surface area contributed by atoms with Crippen molar-refractivity contribution in [3.63, 3.8) is 0 Å². The first-order valence-corrected chi connectivity index (χ1v) is 13.0. The number of aromatic nitrogens is 1. The van der Waals surface area contributed by atoms with Gasteiger partial charge in [-0.05, 0) is 63.1 Å². The van der Waals surface area contributed by atoms with Crippen LogP contribution in [0.25, 0.3) is 11.1 Å². The summed E-state index contributed by atoms with van der Waals surface area (Å²) in [6.45, 7) is 6.07. The number of hydrogen-bond acceptors (Lipinski definition) is 5. The van der Waals surface area contributed by atoms with Crippen LogP contribution in [-0.2, 0) is 4.57 Å². The molecule has 1 unspecified atom stereocenters. The molecule has 0 amide bonds. The smallest absolute Gasteiger partial charge is 0.482 e. The SMILES string of the molecule is Cc1c(F)ccc(Cl)c1C(C)Oc1cc(-c2ccc(P(C)(C)=O)cc2OC(F)(F)F)cnc1N. The summed E-state index contributed by atoms with van der Waals surface area (Å²) in [5, 5.41) is 0.509. The number of alkyl halides is 3. The number of pyridine rings is 1. The van der Waals surface area contributed by atoms with Gasteiger partial charge in [0.05, 0.1) is 0 Å². The number of nitrogens with two attached hydrogens (primary N) is 1. The van der Waals surface area contributed by atoms with E-state index in [1.54, 1.807) is 13.8 Å². The zero-order valence-corrected chi connectivity index (χ0v) is 20.4. The van der Waals surface area contributed by atoms with Gasteiger partial charge in [0.2, 0.25) is 0 Å². The van der Waals surface area contributed by atoms with Crippen LogP contribution in [0.5, 0.6) is 11.5 Å². The van der Waals surface area contributed by atoms with Crippen molar-refractivity contribution in [2.75, 3.05) is 19.1 Å². The summed E-state index contributed by atoms with van der Waals surface area (Å²) in [6.07, 6.45) is -4.45. The third kappa shape index (κ3) is 5.83. The Morgan fingerprint density at radius 2 is 1.79 bits per heavy atom. The lowest BCUT2D eigenvalue weighted by Gasteiger charge is -2.21. The Bertz CT molecular complexity index is 1280. The van der Waals surface area contributed by atoms with E-state index in [2.05, 4.69) is 9.72 Å². The topological polar surface area (TPSA) is 74.4 Å². The van der Waals surface area contributed by atoms with Crippen LogP contribution < -0.4 is 20.5 Å². The number of nitrogens with zero attached hydrogens (tertiary/aromatic N) is 1. The highest BCUT2D eigenvalue weighted by molar-refractivity contribution is 7.70. The highest BCUT2D eigenvalue weighted by atomic mass is 35.5. The molecule has 3 aromatic rings. The summed E-state index contributed by atoms with van der Waals surface area (Å²) in [5.41, 5.74) is 6.88. The van der Waals surface area contributed by atoms with Crippen LogP contribution in [0.15, 0.2) is 42.6 Å². The monoisotopic (exact) mass is 516 g/mol. The maximum absolute atomic E-state index is 14.0. The molecule has 0 fully saturated rings. The van der Waals surface area contributed by atoms with Crippen LogP contribution in [0.4, 0.5) is 23.4 Å². The molecule has 2 N–H and O–H groups in total. The van der Waals surface area contributed by atoms with Gasteiger partial charge in [0.1, 0.15) is 24.8 Å². The maximum atomic E-state index is 14.0. The second kappa shape index (κ2) is 9.47. The lowest BCUT2D eigenvalue weighted by Crippen LogP contribution is -2.19. The Labute approximate surface area is 199 Å². The van der Waals surface area contributed by atoms with Crippen LogP contribution in [-0.4, -0.2) is 24.7 Å². The molecule has 0 aliphatic heterocycles. The van der Waals surface area contributed by atoms with Gasteiger partial charge in [-0.25, -0.2) is 9.37 Å². The third-order valence-electron chi connectivity index (χ3n) is 5.11. The molecule has 0 spiro atoms. The van der Waals surface area contributed by atoms with E-state index in [0.29, 0.717) is 11.1 Å². The number of nitrogen functional groups attached to an aromatic ring is 1. The average molecular weight is 517 g/mol. The van der Waals surface area contributed by atoms with E-state index in [-0.39, 0.29) is 33.0 Å². The Kier molecular flexibility index (Phi) is 7.20. The second-order valence-electron chi connectivity index (χ2n) is 8.01. The van der Waals surface area contributed by atoms with Crippen LogP contribution >= 0.6 is 18.7 Å². The number of rotatable bonds is 6. The fourth-order valence-electron chi connectivity index (χ4n) is 3.41. The normalized spacial score (nSPS) is 13.0. The van der Waals surface area contributed by atoms with E-state index in [0.717, 1.165) is 6.07 Å². The van der Waals surface area contributed by atoms with E-state index in [9.17, 15) is 22.1 Å². The summed E-state index contributed by atoms with van der Waals surface area (Å²) < 4.78 is 75.8. The molecule has 0 saturated heterocycles. The van der Waals surface area contributed by atoms with Gasteiger partial charge in [-0.3, -0.25) is 0 Å². The van der Waals surface area contributed by atoms with Crippen molar-refractivity contribution >= 4 is 29.9 Å². The van der Waals surface area contributed by atoms with Gasteiger partial charge in [-0.2, -0.15) is 0 Å². The van der Waals surface area contributed by atoms with Crippen LogP contribution in [0.2, 0.25) is 5.02 Å². The quantitative estimate of drug-likeness (QED) is 0.291. The predicted molar refractivity (Wildman–Crippen MR) is 125 cm³/mol. The van der Waals surface area contributed by atoms with Crippen molar-refractivity contribution in [3.05, 3.63) is 64.6 Å². The van der Waals surface area contributed by atoms with E-state index in [1.807, 2.05) is 0 Å². The fourth-order valence-corrected chi connectivity index (χ4v) is 4.63. The zero-order valence-electron chi connectivity index (χ0n) is 18.7. The summed E-state index contributed by atoms with van der Waals surface area (Å²) in [5.74, 6) is -0.970. The number of ether oxygens (including phenoxy) is 2. The van der Waals surface area contributed by atoms with Crippen molar-refractivity contribution in [1.82, 2.24) is 4.98 Å². The van der Waals surface area contributed by atoms with Crippen molar-refractivity contribution in [1.29, 1.82) is 0 Å². The Hall–Kier alpha value is -2.77. The summed E-state index contributed by atoms with van der Waals surface area (Å²) in [7, 11) is -2.86. The molecule has 1 aromatic heterocycles. The molecule has 182 valence electrons. The van der Waals surface area contributed by atoms with Gasteiger partial charge in [0.15, 0.2) is 11.6 Å². The first kappa shape index (κ1) is 25.8. The molecule has 0 bridgehead atoms. The molecule has 2 aromatic carbocycles. The molecular weight excluding hydrogens is 495 g/mol. The fraction of sp³-hybridized carbons (Fsp3) is 0.261. The predicted octanol–water partition coefficient (Wildman–Crippen LogP) is 6.72. The largest absolute Gasteiger partial charge is 0.573 e. The van der Waals surface area contributed by atoms with Gasteiger partial charge in [0, 0.05) is 33.2 Å². The Morgan fingerprint density at radius 3 is 2.41 bits per heavy atom. The van der Waals surface area contributed by atoms with E-state index in [4.69, 9.17) is 22.1 Å². The van der Waals surface area contributed by atoms with Gasteiger partial charge >= 0.3 is 6.36 Å². The van der Waals surface area contributed by atoms with Gasteiger partial charge in [0.25, 0.3) is 0 Å². The van der Waals surface area contributed by atoms with Crippen molar-refractivity contribution in [2.24, 2.45) is 0 Å². The number of benzene rings is 2. The van der Waals surface area contributed by atoms with Crippen LogP contribution in [0.1, 0.15) is 24.2 Å². The number of hydrogen-bond donors (Lipinski definition) is 1. The van der Waals surface area contributed by atoms with Crippen molar-refractivity contribution < 1.29 is 31.6 Å². The minimum atomic E-state index is -4.97. The summed E-state index contributed by atoms with van der Waals surface area (Å²) >= 11 is 6.22. The third-order valence-corrected chi connectivity index (χ3v) is 6.96. The molecule has 1 heterocycles. The van der Waals surface area contributed by atoms with E-state index < -0.39 is 31.2 Å². The van der Waals surface area contributed by atoms with E-state index >= 15 is 0 Å². The molecule has 5 nitrogen and oxygen atoms in total. The minimum Gasteiger partial charge on any atom is -0.482 e. The van der Waals surface area contributed by atoms with Gasteiger partial charge in [-0.15, -0.1) is 13.2 Å². The van der Waals surface area contributed by atoms with Crippen LogP contribution in [0, 0.1) is 12.7 Å². The molecule has 0 aliphatic rings. The molecule has 11 heteroatoms. The Balaban J connectivity index is 2.05. The summed E-state index contributed by atoms with van der Waals surface area (Å²) in [6, 6.07) is 7.97. The zero-order chi connectivity index (χ0) is 25.4. The highest BCUT2D eigenvalue weighted by Crippen LogP contribution is 2.41. The van der Waals surface area contributed by atoms with Crippen molar-refractivity contribution in [2.45, 2.75) is 26.3 Å². The standard InChI is InChI=1S/C23H22ClF4N2O3P/c1-12-18(25)8-7-17(24)21(12)13(2)32-20-9-14(11-30-22(20)29)16-6-5-15(34(3,4)31)10-19(16)33-23(26,27)28/h5-11,13H,1-4H3,(H2,29,30). The summed E-state index contributed by atoms with van der Waals surface area (Å²) in [4.78, 5) is 4.03. The number of halogens is 5. The minimum absolute atomic E-state index is 0.0256. The molecule has 0 radical (unpaired) electrons. The van der Waals surface area contributed by atoms with Gasteiger partial charge < -0.3 is 19.8 Å². The highest BCUT2D eigenvalue weighted by Gasteiger charge is 2.33.